The molecule has 0 heterocycles. The summed E-state index contributed by atoms with van der Waals surface area (Å²) in [5, 5.41) is 9.38. The van der Waals surface area contributed by atoms with Crippen LogP contribution in [0, 0.1) is 0 Å². The maximum Gasteiger partial charge on any atom is 0.305 e. The van der Waals surface area contributed by atoms with Crippen LogP contribution in [0.25, 0.3) is 0 Å². The highest BCUT2D eigenvalue weighted by atomic mass is 35.5. The van der Waals surface area contributed by atoms with Crippen LogP contribution in [-0.2, 0) is 16.0 Å². The molecule has 0 spiro atoms. The fourth-order valence-electron chi connectivity index (χ4n) is 1.93. The second-order valence-corrected chi connectivity index (χ2v) is 5.39. The van der Waals surface area contributed by atoms with Crippen molar-refractivity contribution >= 4 is 23.5 Å². The summed E-state index contributed by atoms with van der Waals surface area (Å²) in [5.74, 6) is -0.905. The topological polar surface area (TPSA) is 57.6 Å². The Balaban J connectivity index is 2.53. The summed E-state index contributed by atoms with van der Waals surface area (Å²) in [5.41, 5.74) is 1.05. The van der Waals surface area contributed by atoms with Crippen LogP contribution in [0.1, 0.15) is 32.3 Å². The Labute approximate surface area is 124 Å². The molecule has 0 aliphatic rings. The number of aliphatic carboxylic acids is 1. The molecule has 0 atom stereocenters. The van der Waals surface area contributed by atoms with E-state index >= 15 is 0 Å². The lowest BCUT2D eigenvalue weighted by Crippen LogP contribution is -2.38. The molecule has 0 aliphatic carbocycles. The minimum atomic E-state index is -0.888. The standard InChI is InChI=1S/C15H20ClNO3/c1-11(2)17(10-9-15(19)20)14(18)8-5-12-3-6-13(16)7-4-12/h3-4,6-7,11H,5,8-10H2,1-2H3,(H,19,20). The molecule has 0 aromatic heterocycles. The molecule has 20 heavy (non-hydrogen) atoms. The fourth-order valence-corrected chi connectivity index (χ4v) is 2.06. The van der Waals surface area contributed by atoms with Crippen LogP contribution in [0.15, 0.2) is 24.3 Å². The van der Waals surface area contributed by atoms with Gasteiger partial charge in [0.1, 0.15) is 0 Å². The van der Waals surface area contributed by atoms with Crippen molar-refractivity contribution in [3.8, 4) is 0 Å². The van der Waals surface area contributed by atoms with Crippen molar-refractivity contribution in [3.05, 3.63) is 34.9 Å². The Morgan fingerprint density at radius 1 is 1.20 bits per heavy atom. The maximum absolute atomic E-state index is 12.1. The monoisotopic (exact) mass is 297 g/mol. The summed E-state index contributed by atoms with van der Waals surface area (Å²) >= 11 is 5.81. The average molecular weight is 298 g/mol. The molecule has 0 saturated carbocycles. The first kappa shape index (κ1) is 16.5. The number of hydrogen-bond acceptors (Lipinski definition) is 2. The van der Waals surface area contributed by atoms with Crippen LogP contribution in [0.5, 0.6) is 0 Å². The van der Waals surface area contributed by atoms with E-state index in [1.807, 2.05) is 26.0 Å². The Bertz CT molecular complexity index is 457. The zero-order valence-electron chi connectivity index (χ0n) is 11.8. The Kier molecular flexibility index (Phi) is 6.52. The molecule has 5 heteroatoms. The van der Waals surface area contributed by atoms with Gasteiger partial charge in [-0.2, -0.15) is 0 Å². The third kappa shape index (κ3) is 5.61. The molecule has 0 fully saturated rings. The van der Waals surface area contributed by atoms with Gasteiger partial charge in [0.15, 0.2) is 0 Å². The van der Waals surface area contributed by atoms with Gasteiger partial charge < -0.3 is 10.0 Å². The summed E-state index contributed by atoms with van der Waals surface area (Å²) < 4.78 is 0. The van der Waals surface area contributed by atoms with Crippen molar-refractivity contribution in [2.45, 2.75) is 39.2 Å². The number of carboxylic acid groups (broad SMARTS) is 1. The second-order valence-electron chi connectivity index (χ2n) is 4.95. The van der Waals surface area contributed by atoms with E-state index in [-0.39, 0.29) is 24.9 Å². The predicted octanol–water partition coefficient (Wildman–Crippen LogP) is 2.98. The first-order valence-electron chi connectivity index (χ1n) is 6.66. The van der Waals surface area contributed by atoms with Gasteiger partial charge in [-0.25, -0.2) is 0 Å². The third-order valence-electron chi connectivity index (χ3n) is 3.05. The van der Waals surface area contributed by atoms with E-state index in [1.165, 1.54) is 0 Å². The minimum Gasteiger partial charge on any atom is -0.481 e. The molecule has 1 amide bonds. The molecule has 1 aromatic rings. The van der Waals surface area contributed by atoms with Crippen molar-refractivity contribution in [1.82, 2.24) is 4.90 Å². The van der Waals surface area contributed by atoms with E-state index in [9.17, 15) is 9.59 Å². The van der Waals surface area contributed by atoms with Gasteiger partial charge >= 0.3 is 5.97 Å². The van der Waals surface area contributed by atoms with Gasteiger partial charge in [0.2, 0.25) is 5.91 Å². The molecular formula is C15H20ClNO3. The largest absolute Gasteiger partial charge is 0.481 e. The number of rotatable bonds is 7. The summed E-state index contributed by atoms with van der Waals surface area (Å²) in [4.78, 5) is 24.4. The summed E-state index contributed by atoms with van der Waals surface area (Å²) in [6.07, 6.45) is 0.983. The minimum absolute atomic E-state index is 0.00654. The maximum atomic E-state index is 12.1. The van der Waals surface area contributed by atoms with E-state index in [2.05, 4.69) is 0 Å². The second kappa shape index (κ2) is 7.90. The van der Waals surface area contributed by atoms with Crippen LogP contribution >= 0.6 is 11.6 Å². The normalized spacial score (nSPS) is 10.6. The molecule has 0 saturated heterocycles. The van der Waals surface area contributed by atoms with Crippen LogP contribution in [0.4, 0.5) is 0 Å². The van der Waals surface area contributed by atoms with Crippen molar-refractivity contribution in [2.75, 3.05) is 6.54 Å². The zero-order valence-corrected chi connectivity index (χ0v) is 12.6. The number of benzene rings is 1. The van der Waals surface area contributed by atoms with Gasteiger partial charge in [-0.3, -0.25) is 9.59 Å². The van der Waals surface area contributed by atoms with Gasteiger partial charge in [-0.15, -0.1) is 0 Å². The lowest BCUT2D eigenvalue weighted by molar-refractivity contribution is -0.139. The molecule has 0 aliphatic heterocycles. The highest BCUT2D eigenvalue weighted by Crippen LogP contribution is 2.12. The van der Waals surface area contributed by atoms with Crippen LogP contribution in [-0.4, -0.2) is 34.5 Å². The zero-order chi connectivity index (χ0) is 15.1. The van der Waals surface area contributed by atoms with Crippen LogP contribution in [0.3, 0.4) is 0 Å². The molecule has 0 radical (unpaired) electrons. The average Bonchev–Trinajstić information content (AvgIpc) is 2.37. The number of halogens is 1. The quantitative estimate of drug-likeness (QED) is 0.842. The van der Waals surface area contributed by atoms with E-state index in [1.54, 1.807) is 17.0 Å². The lowest BCUT2D eigenvalue weighted by atomic mass is 10.1. The SMILES string of the molecule is CC(C)N(CCC(=O)O)C(=O)CCc1ccc(Cl)cc1. The molecular weight excluding hydrogens is 278 g/mol. The van der Waals surface area contributed by atoms with Gasteiger partial charge in [0.05, 0.1) is 6.42 Å². The number of carboxylic acids is 1. The summed E-state index contributed by atoms with van der Waals surface area (Å²) in [6.45, 7) is 4.04. The number of amides is 1. The van der Waals surface area contributed by atoms with Crippen molar-refractivity contribution in [2.24, 2.45) is 0 Å². The first-order valence-corrected chi connectivity index (χ1v) is 7.03. The third-order valence-corrected chi connectivity index (χ3v) is 3.30. The molecule has 1 N–H and O–H groups in total. The smallest absolute Gasteiger partial charge is 0.305 e. The van der Waals surface area contributed by atoms with Crippen LogP contribution in [0.2, 0.25) is 5.02 Å². The number of carbonyl (C=O) groups is 2. The van der Waals surface area contributed by atoms with Crippen LogP contribution < -0.4 is 0 Å². The molecule has 4 nitrogen and oxygen atoms in total. The van der Waals surface area contributed by atoms with Gasteiger partial charge in [0, 0.05) is 24.0 Å². The highest BCUT2D eigenvalue weighted by Gasteiger charge is 2.17. The number of carbonyl (C=O) groups excluding carboxylic acids is 1. The van der Waals surface area contributed by atoms with Gasteiger partial charge in [-0.05, 0) is 38.0 Å². The Hall–Kier alpha value is -1.55. The van der Waals surface area contributed by atoms with Gasteiger partial charge in [0.25, 0.3) is 0 Å². The van der Waals surface area contributed by atoms with Crippen molar-refractivity contribution < 1.29 is 14.7 Å². The lowest BCUT2D eigenvalue weighted by Gasteiger charge is -2.26. The Morgan fingerprint density at radius 3 is 2.30 bits per heavy atom. The van der Waals surface area contributed by atoms with E-state index in [0.717, 1.165) is 5.56 Å². The summed E-state index contributed by atoms with van der Waals surface area (Å²) in [7, 11) is 0. The predicted molar refractivity (Wildman–Crippen MR) is 78.9 cm³/mol. The molecule has 0 bridgehead atoms. The number of hydrogen-bond donors (Lipinski definition) is 1. The van der Waals surface area contributed by atoms with E-state index < -0.39 is 5.97 Å². The first-order chi connectivity index (χ1) is 9.40. The van der Waals surface area contributed by atoms with Crippen molar-refractivity contribution in [1.29, 1.82) is 0 Å². The van der Waals surface area contributed by atoms with Crippen molar-refractivity contribution in [3.63, 3.8) is 0 Å². The highest BCUT2D eigenvalue weighted by molar-refractivity contribution is 6.30. The number of aryl methyl sites for hydroxylation is 1. The van der Waals surface area contributed by atoms with E-state index in [4.69, 9.17) is 16.7 Å². The molecule has 1 rings (SSSR count). The fraction of sp³-hybridized carbons (Fsp3) is 0.467. The molecule has 0 unspecified atom stereocenters. The van der Waals surface area contributed by atoms with Gasteiger partial charge in [-0.1, -0.05) is 23.7 Å². The Morgan fingerprint density at radius 2 is 1.80 bits per heavy atom. The van der Waals surface area contributed by atoms with E-state index in [0.29, 0.717) is 17.9 Å². The summed E-state index contributed by atoms with van der Waals surface area (Å²) in [6, 6.07) is 7.39. The molecule has 110 valence electrons. The molecule has 1 aromatic carbocycles. The number of nitrogens with zero attached hydrogens (tertiary/aromatic N) is 1.